The van der Waals surface area contributed by atoms with Crippen molar-refractivity contribution in [2.45, 2.75) is 26.4 Å². The summed E-state index contributed by atoms with van der Waals surface area (Å²) in [5.74, 6) is -0.503. The molecule has 0 radical (unpaired) electrons. The highest BCUT2D eigenvalue weighted by Crippen LogP contribution is 2.16. The average Bonchev–Trinajstić information content (AvgIpc) is 2.70. The lowest BCUT2D eigenvalue weighted by atomic mass is 10.3. The Morgan fingerprint density at radius 1 is 1.63 bits per heavy atom. The minimum Gasteiger partial charge on any atom is -0.379 e. The summed E-state index contributed by atoms with van der Waals surface area (Å²) in [5, 5.41) is 17.1. The largest absolute Gasteiger partial charge is 0.379 e. The van der Waals surface area contributed by atoms with Crippen LogP contribution in [0.15, 0.2) is 6.20 Å². The van der Waals surface area contributed by atoms with Crippen LogP contribution in [0.25, 0.3) is 0 Å². The lowest BCUT2D eigenvalue weighted by Crippen LogP contribution is -2.28. The van der Waals surface area contributed by atoms with Crippen molar-refractivity contribution in [3.63, 3.8) is 0 Å². The summed E-state index contributed by atoms with van der Waals surface area (Å²) in [4.78, 5) is 22.0. The van der Waals surface area contributed by atoms with E-state index in [9.17, 15) is 14.9 Å². The Bertz CT molecular complexity index is 456. The van der Waals surface area contributed by atoms with Gasteiger partial charge in [0.2, 0.25) is 5.69 Å². The van der Waals surface area contributed by atoms with Crippen molar-refractivity contribution in [2.75, 3.05) is 13.2 Å². The predicted molar refractivity (Wildman–Crippen MR) is 67.9 cm³/mol. The van der Waals surface area contributed by atoms with Gasteiger partial charge in [-0.1, -0.05) is 0 Å². The summed E-state index contributed by atoms with van der Waals surface area (Å²) in [6.45, 7) is 4.79. The molecule has 1 aromatic heterocycles. The first-order chi connectivity index (χ1) is 8.93. The van der Waals surface area contributed by atoms with Crippen LogP contribution in [0.1, 0.15) is 30.8 Å². The van der Waals surface area contributed by atoms with E-state index in [1.54, 1.807) is 0 Å². The number of rotatable bonds is 7. The maximum absolute atomic E-state index is 11.8. The highest BCUT2D eigenvalue weighted by Gasteiger charge is 2.24. The molecule has 8 heteroatoms. The first kappa shape index (κ1) is 15.1. The highest BCUT2D eigenvalue weighted by atomic mass is 16.6. The number of ether oxygens (including phenoxy) is 1. The summed E-state index contributed by atoms with van der Waals surface area (Å²) in [7, 11) is 1.49. The van der Waals surface area contributed by atoms with Crippen LogP contribution in [-0.2, 0) is 11.8 Å². The number of hydrogen-bond donors (Lipinski definition) is 1. The number of amides is 1. The van der Waals surface area contributed by atoms with E-state index >= 15 is 0 Å². The van der Waals surface area contributed by atoms with Crippen LogP contribution in [0.3, 0.4) is 0 Å². The highest BCUT2D eigenvalue weighted by molar-refractivity contribution is 5.96. The topological polar surface area (TPSA) is 99.3 Å². The van der Waals surface area contributed by atoms with E-state index < -0.39 is 10.8 Å². The molecule has 0 fully saturated rings. The van der Waals surface area contributed by atoms with E-state index in [2.05, 4.69) is 10.4 Å². The first-order valence-electron chi connectivity index (χ1n) is 5.99. The molecule has 1 aromatic rings. The van der Waals surface area contributed by atoms with Gasteiger partial charge in [-0.05, 0) is 20.3 Å². The second kappa shape index (κ2) is 6.83. The fourth-order valence-electron chi connectivity index (χ4n) is 1.50. The van der Waals surface area contributed by atoms with E-state index in [4.69, 9.17) is 4.74 Å². The molecule has 1 amide bonds. The number of aromatic nitrogens is 2. The molecular weight excluding hydrogens is 252 g/mol. The third kappa shape index (κ3) is 4.32. The lowest BCUT2D eigenvalue weighted by molar-refractivity contribution is -0.385. The molecule has 0 saturated carbocycles. The molecule has 0 aliphatic heterocycles. The molecule has 0 spiro atoms. The van der Waals surface area contributed by atoms with Crippen molar-refractivity contribution in [3.05, 3.63) is 22.0 Å². The molecule has 0 unspecified atom stereocenters. The molecule has 106 valence electrons. The van der Waals surface area contributed by atoms with Crippen molar-refractivity contribution < 1.29 is 14.5 Å². The molecule has 0 saturated heterocycles. The van der Waals surface area contributed by atoms with Crippen molar-refractivity contribution in [2.24, 2.45) is 7.05 Å². The molecule has 8 nitrogen and oxygen atoms in total. The zero-order valence-electron chi connectivity index (χ0n) is 11.3. The van der Waals surface area contributed by atoms with Crippen molar-refractivity contribution in [3.8, 4) is 0 Å². The minimum absolute atomic E-state index is 0.0465. The molecule has 0 aromatic carbocycles. The molecule has 1 heterocycles. The third-order valence-corrected chi connectivity index (χ3v) is 2.39. The van der Waals surface area contributed by atoms with Gasteiger partial charge in [-0.3, -0.25) is 19.6 Å². The Morgan fingerprint density at radius 2 is 2.32 bits per heavy atom. The van der Waals surface area contributed by atoms with Gasteiger partial charge in [0, 0.05) is 20.2 Å². The van der Waals surface area contributed by atoms with E-state index in [0.717, 1.165) is 6.20 Å². The molecule has 0 atom stereocenters. The van der Waals surface area contributed by atoms with Crippen LogP contribution in [0.4, 0.5) is 5.69 Å². The zero-order valence-corrected chi connectivity index (χ0v) is 11.3. The summed E-state index contributed by atoms with van der Waals surface area (Å²) >= 11 is 0. The number of aryl methyl sites for hydroxylation is 1. The summed E-state index contributed by atoms with van der Waals surface area (Å²) in [6.07, 6.45) is 1.86. The summed E-state index contributed by atoms with van der Waals surface area (Å²) in [5.41, 5.74) is -0.340. The van der Waals surface area contributed by atoms with Gasteiger partial charge >= 0.3 is 5.69 Å². The summed E-state index contributed by atoms with van der Waals surface area (Å²) in [6, 6.07) is 0. The number of carbonyl (C=O) groups is 1. The summed E-state index contributed by atoms with van der Waals surface area (Å²) < 4.78 is 6.52. The maximum Gasteiger partial charge on any atom is 0.320 e. The Hall–Kier alpha value is -1.96. The number of hydrogen-bond acceptors (Lipinski definition) is 5. The van der Waals surface area contributed by atoms with Crippen LogP contribution >= 0.6 is 0 Å². The zero-order chi connectivity index (χ0) is 14.4. The Balaban J connectivity index is 2.50. The third-order valence-electron chi connectivity index (χ3n) is 2.39. The maximum atomic E-state index is 11.8. The van der Waals surface area contributed by atoms with Gasteiger partial charge < -0.3 is 10.1 Å². The van der Waals surface area contributed by atoms with Crippen LogP contribution in [0.5, 0.6) is 0 Å². The SMILES string of the molecule is CC(C)OCCCNC(=O)c1c([N+](=O)[O-])cnn1C. The van der Waals surface area contributed by atoms with Crippen LogP contribution in [-0.4, -0.2) is 39.9 Å². The van der Waals surface area contributed by atoms with Crippen molar-refractivity contribution in [1.82, 2.24) is 15.1 Å². The molecule has 19 heavy (non-hydrogen) atoms. The smallest absolute Gasteiger partial charge is 0.320 e. The van der Waals surface area contributed by atoms with Crippen molar-refractivity contribution >= 4 is 11.6 Å². The number of nitrogens with zero attached hydrogens (tertiary/aromatic N) is 3. The van der Waals surface area contributed by atoms with Crippen LogP contribution in [0, 0.1) is 10.1 Å². The molecular formula is C11H18N4O4. The van der Waals surface area contributed by atoms with E-state index in [-0.39, 0.29) is 17.5 Å². The molecule has 1 rings (SSSR count). The monoisotopic (exact) mass is 270 g/mol. The molecule has 0 aliphatic carbocycles. The van der Waals surface area contributed by atoms with E-state index in [0.29, 0.717) is 19.6 Å². The number of carbonyl (C=O) groups excluding carboxylic acids is 1. The van der Waals surface area contributed by atoms with E-state index in [1.165, 1.54) is 11.7 Å². The second-order valence-corrected chi connectivity index (χ2v) is 4.29. The normalized spacial score (nSPS) is 10.7. The Labute approximate surface area is 110 Å². The van der Waals surface area contributed by atoms with Crippen LogP contribution < -0.4 is 5.32 Å². The minimum atomic E-state index is -0.621. The van der Waals surface area contributed by atoms with Gasteiger partial charge in [0.05, 0.1) is 11.0 Å². The van der Waals surface area contributed by atoms with Gasteiger partial charge in [0.1, 0.15) is 6.20 Å². The second-order valence-electron chi connectivity index (χ2n) is 4.29. The van der Waals surface area contributed by atoms with E-state index in [1.807, 2.05) is 13.8 Å². The number of nitro groups is 1. The lowest BCUT2D eigenvalue weighted by Gasteiger charge is -2.08. The predicted octanol–water partition coefficient (Wildman–Crippen LogP) is 0.873. The Morgan fingerprint density at radius 3 is 2.89 bits per heavy atom. The van der Waals surface area contributed by atoms with Gasteiger partial charge in [-0.15, -0.1) is 0 Å². The fourth-order valence-corrected chi connectivity index (χ4v) is 1.50. The Kier molecular flexibility index (Phi) is 5.43. The van der Waals surface area contributed by atoms with Crippen LogP contribution in [0.2, 0.25) is 0 Å². The van der Waals surface area contributed by atoms with Gasteiger partial charge in [0.15, 0.2) is 0 Å². The first-order valence-corrected chi connectivity index (χ1v) is 5.99. The molecule has 1 N–H and O–H groups in total. The number of nitrogens with one attached hydrogen (secondary N) is 1. The molecule has 0 aliphatic rings. The molecule has 0 bridgehead atoms. The average molecular weight is 270 g/mol. The standard InChI is InChI=1S/C11H18N4O4/c1-8(2)19-6-4-5-12-11(16)10-9(15(17)18)7-13-14(10)3/h7-8H,4-6H2,1-3H3,(H,12,16). The fraction of sp³-hybridized carbons (Fsp3) is 0.636. The van der Waals surface area contributed by atoms with Gasteiger partial charge in [0.25, 0.3) is 5.91 Å². The van der Waals surface area contributed by atoms with Gasteiger partial charge in [-0.25, -0.2) is 0 Å². The van der Waals surface area contributed by atoms with Gasteiger partial charge in [-0.2, -0.15) is 5.10 Å². The van der Waals surface area contributed by atoms with Crippen molar-refractivity contribution in [1.29, 1.82) is 0 Å². The quantitative estimate of drug-likeness (QED) is 0.450.